The van der Waals surface area contributed by atoms with E-state index in [0.717, 1.165) is 12.1 Å². The number of hydrogen-bond acceptors (Lipinski definition) is 6. The molecule has 6 nitrogen and oxygen atoms in total. The molecule has 0 saturated heterocycles. The van der Waals surface area contributed by atoms with Gasteiger partial charge in [0.25, 0.3) is 0 Å². The summed E-state index contributed by atoms with van der Waals surface area (Å²) in [4.78, 5) is 11.5. The summed E-state index contributed by atoms with van der Waals surface area (Å²) in [5.74, 6) is -0.573. The normalized spacial score (nSPS) is 23.7. The molecule has 3 N–H and O–H groups in total. The summed E-state index contributed by atoms with van der Waals surface area (Å²) in [6.07, 6.45) is 0.310. The van der Waals surface area contributed by atoms with Crippen LogP contribution in [0.2, 0.25) is 0 Å². The van der Waals surface area contributed by atoms with Crippen molar-refractivity contribution < 1.29 is 42.8 Å². The predicted octanol–water partition coefficient (Wildman–Crippen LogP) is 4.65. The van der Waals surface area contributed by atoms with Crippen LogP contribution in [-0.2, 0) is 15.7 Å². The standard InChI is InChI=1S/C26H37F3O6/c1-17(2)35-25(33)11-6-4-3-5-10-21-22(24(32)15-23(21)31)13-12-19(30)16-34-20-9-7-8-18(14-20)26(27,28)29/h3,5,7-9,14,17,19,21-24,30-32H,4,6,10-13,15-16H2,1-2H3/b5-3-/t19-,21-,22-,23+,24-/m1/s1. The van der Waals surface area contributed by atoms with Crippen LogP contribution in [0.3, 0.4) is 0 Å². The Kier molecular flexibility index (Phi) is 11.5. The number of carbonyl (C=O) groups excluding carboxylic acids is 1. The molecule has 0 aromatic heterocycles. The zero-order chi connectivity index (χ0) is 26.0. The number of rotatable bonds is 13. The molecule has 0 heterocycles. The molecule has 0 radical (unpaired) electrons. The van der Waals surface area contributed by atoms with Crippen molar-refractivity contribution >= 4 is 5.97 Å². The van der Waals surface area contributed by atoms with Crippen molar-refractivity contribution in [3.63, 3.8) is 0 Å². The lowest BCUT2D eigenvalue weighted by atomic mass is 9.86. The first-order chi connectivity index (χ1) is 16.5. The topological polar surface area (TPSA) is 96.2 Å². The fourth-order valence-electron chi connectivity index (χ4n) is 4.39. The van der Waals surface area contributed by atoms with Crippen LogP contribution in [0.15, 0.2) is 36.4 Å². The Morgan fingerprint density at radius 3 is 2.57 bits per heavy atom. The van der Waals surface area contributed by atoms with Crippen molar-refractivity contribution in [3.05, 3.63) is 42.0 Å². The van der Waals surface area contributed by atoms with Crippen LogP contribution in [0, 0.1) is 11.8 Å². The Hall–Kier alpha value is -2.10. The molecule has 1 fully saturated rings. The molecular formula is C26H37F3O6. The van der Waals surface area contributed by atoms with E-state index >= 15 is 0 Å². The molecule has 1 aliphatic rings. The molecule has 1 aromatic carbocycles. The van der Waals surface area contributed by atoms with Crippen molar-refractivity contribution in [1.82, 2.24) is 0 Å². The summed E-state index contributed by atoms with van der Waals surface area (Å²) in [5, 5.41) is 31.0. The van der Waals surface area contributed by atoms with Crippen LogP contribution in [0.1, 0.15) is 64.4 Å². The Morgan fingerprint density at radius 1 is 1.17 bits per heavy atom. The minimum Gasteiger partial charge on any atom is -0.491 e. The summed E-state index contributed by atoms with van der Waals surface area (Å²) < 4.78 is 48.9. The number of allylic oxidation sites excluding steroid dienone is 2. The molecule has 9 heteroatoms. The second-order valence-corrected chi connectivity index (χ2v) is 9.40. The fourth-order valence-corrected chi connectivity index (χ4v) is 4.39. The van der Waals surface area contributed by atoms with Crippen LogP contribution < -0.4 is 4.74 Å². The Morgan fingerprint density at radius 2 is 1.89 bits per heavy atom. The van der Waals surface area contributed by atoms with Crippen molar-refractivity contribution in [1.29, 1.82) is 0 Å². The van der Waals surface area contributed by atoms with Gasteiger partial charge in [-0.2, -0.15) is 13.2 Å². The van der Waals surface area contributed by atoms with Crippen molar-refractivity contribution in [2.45, 2.75) is 89.4 Å². The van der Waals surface area contributed by atoms with Gasteiger partial charge in [-0.05, 0) is 82.4 Å². The van der Waals surface area contributed by atoms with E-state index in [1.807, 2.05) is 12.2 Å². The van der Waals surface area contributed by atoms with E-state index in [4.69, 9.17) is 9.47 Å². The van der Waals surface area contributed by atoms with Crippen molar-refractivity contribution in [3.8, 4) is 5.75 Å². The van der Waals surface area contributed by atoms with Gasteiger partial charge in [0.15, 0.2) is 0 Å². The van der Waals surface area contributed by atoms with Gasteiger partial charge in [0.1, 0.15) is 12.4 Å². The van der Waals surface area contributed by atoms with E-state index in [1.165, 1.54) is 12.1 Å². The number of aliphatic hydroxyl groups excluding tert-OH is 3. The average molecular weight is 503 g/mol. The number of hydrogen-bond donors (Lipinski definition) is 3. The van der Waals surface area contributed by atoms with E-state index in [-0.39, 0.29) is 49.1 Å². The monoisotopic (exact) mass is 502 g/mol. The molecule has 0 unspecified atom stereocenters. The third-order valence-electron chi connectivity index (χ3n) is 6.15. The molecular weight excluding hydrogens is 465 g/mol. The Bertz CT molecular complexity index is 811. The van der Waals surface area contributed by atoms with Gasteiger partial charge in [-0.3, -0.25) is 4.79 Å². The predicted molar refractivity (Wildman–Crippen MR) is 125 cm³/mol. The highest BCUT2D eigenvalue weighted by molar-refractivity contribution is 5.69. The smallest absolute Gasteiger partial charge is 0.416 e. The molecule has 1 aromatic rings. The Balaban J connectivity index is 1.76. The largest absolute Gasteiger partial charge is 0.491 e. The van der Waals surface area contributed by atoms with Gasteiger partial charge in [-0.15, -0.1) is 0 Å². The summed E-state index contributed by atoms with van der Waals surface area (Å²) in [7, 11) is 0. The van der Waals surface area contributed by atoms with Gasteiger partial charge in [0, 0.05) is 6.42 Å². The molecule has 1 saturated carbocycles. The summed E-state index contributed by atoms with van der Waals surface area (Å²) in [6, 6.07) is 4.48. The number of aliphatic hydroxyl groups is 3. The van der Waals surface area contributed by atoms with Gasteiger partial charge >= 0.3 is 12.1 Å². The number of unbranched alkanes of at least 4 members (excludes halogenated alkanes) is 1. The maximum absolute atomic E-state index is 12.8. The molecule has 5 atom stereocenters. The lowest BCUT2D eigenvalue weighted by Crippen LogP contribution is -2.25. The molecule has 1 aliphatic carbocycles. The lowest BCUT2D eigenvalue weighted by Gasteiger charge is -2.23. The summed E-state index contributed by atoms with van der Waals surface area (Å²) >= 11 is 0. The number of ether oxygens (including phenoxy) is 2. The number of esters is 1. The Labute approximate surface area is 204 Å². The molecule has 0 bridgehead atoms. The van der Waals surface area contributed by atoms with Crippen LogP contribution in [0.4, 0.5) is 13.2 Å². The third-order valence-corrected chi connectivity index (χ3v) is 6.15. The zero-order valence-corrected chi connectivity index (χ0v) is 20.3. The van der Waals surface area contributed by atoms with Crippen molar-refractivity contribution in [2.75, 3.05) is 6.61 Å². The summed E-state index contributed by atoms with van der Waals surface area (Å²) in [5.41, 5.74) is -0.820. The summed E-state index contributed by atoms with van der Waals surface area (Å²) in [6.45, 7) is 3.44. The highest BCUT2D eigenvalue weighted by Gasteiger charge is 2.40. The SMILES string of the molecule is CC(C)OC(=O)CCC/C=C\C[C@@H]1[C@@H](CC[C@@H](O)COc2cccc(C(F)(F)F)c2)[C@H](O)C[C@@H]1O. The van der Waals surface area contributed by atoms with E-state index in [1.54, 1.807) is 13.8 Å². The number of benzene rings is 1. The van der Waals surface area contributed by atoms with E-state index in [2.05, 4.69) is 0 Å². The number of carbonyl (C=O) groups is 1. The lowest BCUT2D eigenvalue weighted by molar-refractivity contribution is -0.147. The van der Waals surface area contributed by atoms with Gasteiger partial charge < -0.3 is 24.8 Å². The first kappa shape index (κ1) is 29.1. The van der Waals surface area contributed by atoms with Crippen LogP contribution in [-0.4, -0.2) is 52.3 Å². The third kappa shape index (κ3) is 10.2. The van der Waals surface area contributed by atoms with E-state index in [0.29, 0.717) is 32.1 Å². The first-order valence-corrected chi connectivity index (χ1v) is 12.2. The second-order valence-electron chi connectivity index (χ2n) is 9.40. The number of halogens is 3. The molecule has 0 aliphatic heterocycles. The molecule has 2 rings (SSSR count). The van der Waals surface area contributed by atoms with Crippen LogP contribution in [0.25, 0.3) is 0 Å². The number of alkyl halides is 3. The molecule has 0 spiro atoms. The fraction of sp³-hybridized carbons (Fsp3) is 0.654. The molecule has 198 valence electrons. The van der Waals surface area contributed by atoms with Crippen molar-refractivity contribution in [2.24, 2.45) is 11.8 Å². The quantitative estimate of drug-likeness (QED) is 0.206. The van der Waals surface area contributed by atoms with Gasteiger partial charge in [0.05, 0.1) is 30.0 Å². The maximum Gasteiger partial charge on any atom is 0.416 e. The average Bonchev–Trinajstić information content (AvgIpc) is 3.04. The van der Waals surface area contributed by atoms with E-state index in [9.17, 15) is 33.3 Å². The van der Waals surface area contributed by atoms with Gasteiger partial charge in [0.2, 0.25) is 0 Å². The van der Waals surface area contributed by atoms with Crippen LogP contribution >= 0.6 is 0 Å². The van der Waals surface area contributed by atoms with E-state index < -0.39 is 30.1 Å². The van der Waals surface area contributed by atoms with Gasteiger partial charge in [-0.25, -0.2) is 0 Å². The highest BCUT2D eigenvalue weighted by atomic mass is 19.4. The zero-order valence-electron chi connectivity index (χ0n) is 20.3. The maximum atomic E-state index is 12.8. The minimum atomic E-state index is -4.47. The van der Waals surface area contributed by atoms with Crippen LogP contribution in [0.5, 0.6) is 5.75 Å². The van der Waals surface area contributed by atoms with Gasteiger partial charge in [-0.1, -0.05) is 18.2 Å². The second kappa shape index (κ2) is 13.8. The molecule has 35 heavy (non-hydrogen) atoms. The minimum absolute atomic E-state index is 0.0238. The first-order valence-electron chi connectivity index (χ1n) is 12.2. The molecule has 0 amide bonds. The highest BCUT2D eigenvalue weighted by Crippen LogP contribution is 2.38.